The van der Waals surface area contributed by atoms with Crippen LogP contribution in [0.4, 0.5) is 0 Å². The number of rotatable bonds is 4. The van der Waals surface area contributed by atoms with Crippen LogP contribution in [0.15, 0.2) is 29.3 Å². The van der Waals surface area contributed by atoms with Crippen LogP contribution in [0, 0.1) is 25.2 Å². The van der Waals surface area contributed by atoms with Gasteiger partial charge in [-0.05, 0) is 25.0 Å². The van der Waals surface area contributed by atoms with Crippen molar-refractivity contribution in [3.63, 3.8) is 0 Å². The largest absolute Gasteiger partial charge is 0.392 e. The van der Waals surface area contributed by atoms with Crippen molar-refractivity contribution >= 4 is 11.8 Å². The summed E-state index contributed by atoms with van der Waals surface area (Å²) in [6.45, 7) is 3.71. The summed E-state index contributed by atoms with van der Waals surface area (Å²) in [7, 11) is 0. The standard InChI is InChI=1S/C15H15N3OS/c1-10-14(7-16)15(18-11(2)17-10)20-9-13-5-3-12(8-19)4-6-13/h3-6,19H,8-9H2,1-2H3. The van der Waals surface area contributed by atoms with E-state index >= 15 is 0 Å². The maximum Gasteiger partial charge on any atom is 0.126 e. The lowest BCUT2D eigenvalue weighted by Gasteiger charge is -2.07. The van der Waals surface area contributed by atoms with Crippen LogP contribution in [0.5, 0.6) is 0 Å². The molecule has 5 heteroatoms. The van der Waals surface area contributed by atoms with Crippen molar-refractivity contribution in [3.8, 4) is 6.07 Å². The molecule has 0 aliphatic heterocycles. The number of aromatic nitrogens is 2. The van der Waals surface area contributed by atoms with Crippen LogP contribution in [0.2, 0.25) is 0 Å². The highest BCUT2D eigenvalue weighted by molar-refractivity contribution is 7.98. The van der Waals surface area contributed by atoms with Gasteiger partial charge >= 0.3 is 0 Å². The van der Waals surface area contributed by atoms with Gasteiger partial charge in [0.25, 0.3) is 0 Å². The molecule has 0 aliphatic carbocycles. The maximum absolute atomic E-state index is 9.18. The van der Waals surface area contributed by atoms with Gasteiger partial charge in [0.15, 0.2) is 0 Å². The van der Waals surface area contributed by atoms with Crippen LogP contribution in [0.25, 0.3) is 0 Å². The van der Waals surface area contributed by atoms with Crippen molar-refractivity contribution in [2.24, 2.45) is 0 Å². The maximum atomic E-state index is 9.18. The van der Waals surface area contributed by atoms with Gasteiger partial charge in [-0.15, -0.1) is 11.8 Å². The minimum absolute atomic E-state index is 0.0519. The van der Waals surface area contributed by atoms with Gasteiger partial charge in [-0.1, -0.05) is 24.3 Å². The van der Waals surface area contributed by atoms with E-state index in [0.29, 0.717) is 11.4 Å². The summed E-state index contributed by atoms with van der Waals surface area (Å²) in [5, 5.41) is 18.9. The second-order valence-electron chi connectivity index (χ2n) is 4.41. The molecule has 0 bridgehead atoms. The molecule has 0 unspecified atom stereocenters. The lowest BCUT2D eigenvalue weighted by Crippen LogP contribution is -1.99. The Kier molecular flexibility index (Phi) is 4.72. The molecule has 0 radical (unpaired) electrons. The summed E-state index contributed by atoms with van der Waals surface area (Å²) in [6, 6.07) is 9.92. The Labute approximate surface area is 122 Å². The van der Waals surface area contributed by atoms with E-state index in [1.54, 1.807) is 0 Å². The number of aliphatic hydroxyl groups excluding tert-OH is 1. The van der Waals surface area contributed by atoms with Crippen LogP contribution in [-0.2, 0) is 12.4 Å². The molecule has 0 saturated heterocycles. The van der Waals surface area contributed by atoms with Crippen molar-refractivity contribution in [2.45, 2.75) is 31.2 Å². The first kappa shape index (κ1) is 14.5. The number of hydrogen-bond donors (Lipinski definition) is 1. The van der Waals surface area contributed by atoms with Crippen LogP contribution >= 0.6 is 11.8 Å². The van der Waals surface area contributed by atoms with E-state index in [1.165, 1.54) is 11.8 Å². The molecule has 0 aliphatic rings. The molecule has 1 N–H and O–H groups in total. The fraction of sp³-hybridized carbons (Fsp3) is 0.267. The van der Waals surface area contributed by atoms with Gasteiger partial charge in [0.1, 0.15) is 22.5 Å². The molecule has 20 heavy (non-hydrogen) atoms. The molecule has 2 aromatic rings. The summed E-state index contributed by atoms with van der Waals surface area (Å²) in [6.07, 6.45) is 0. The van der Waals surface area contributed by atoms with Crippen LogP contribution < -0.4 is 0 Å². The smallest absolute Gasteiger partial charge is 0.126 e. The fourth-order valence-corrected chi connectivity index (χ4v) is 2.84. The van der Waals surface area contributed by atoms with E-state index in [2.05, 4.69) is 16.0 Å². The summed E-state index contributed by atoms with van der Waals surface area (Å²) in [4.78, 5) is 8.55. The second-order valence-corrected chi connectivity index (χ2v) is 5.38. The van der Waals surface area contributed by atoms with Gasteiger partial charge < -0.3 is 5.11 Å². The molecular formula is C15H15N3OS. The normalized spacial score (nSPS) is 10.3. The third-order valence-electron chi connectivity index (χ3n) is 2.86. The molecule has 0 saturated carbocycles. The van der Waals surface area contributed by atoms with E-state index in [1.807, 2.05) is 38.1 Å². The lowest BCUT2D eigenvalue weighted by molar-refractivity contribution is 0.282. The molecule has 2 rings (SSSR count). The van der Waals surface area contributed by atoms with E-state index in [4.69, 9.17) is 5.11 Å². The van der Waals surface area contributed by atoms with Crippen molar-refractivity contribution in [1.82, 2.24) is 9.97 Å². The van der Waals surface area contributed by atoms with E-state index in [9.17, 15) is 5.26 Å². The molecular weight excluding hydrogens is 270 g/mol. The van der Waals surface area contributed by atoms with E-state index in [0.717, 1.165) is 27.6 Å². The minimum Gasteiger partial charge on any atom is -0.392 e. The number of thioether (sulfide) groups is 1. The third-order valence-corrected chi connectivity index (χ3v) is 3.91. The van der Waals surface area contributed by atoms with Crippen molar-refractivity contribution in [3.05, 3.63) is 52.5 Å². The molecule has 102 valence electrons. The predicted molar refractivity (Wildman–Crippen MR) is 78.1 cm³/mol. The minimum atomic E-state index is 0.0519. The average Bonchev–Trinajstić information content (AvgIpc) is 2.45. The van der Waals surface area contributed by atoms with Crippen LogP contribution in [0.3, 0.4) is 0 Å². The van der Waals surface area contributed by atoms with E-state index < -0.39 is 0 Å². The molecule has 4 nitrogen and oxygen atoms in total. The summed E-state index contributed by atoms with van der Waals surface area (Å²) < 4.78 is 0. The Morgan fingerprint density at radius 1 is 1.15 bits per heavy atom. The van der Waals surface area contributed by atoms with Crippen molar-refractivity contribution in [2.75, 3.05) is 0 Å². The molecule has 0 atom stereocenters. The zero-order chi connectivity index (χ0) is 14.5. The van der Waals surface area contributed by atoms with Crippen molar-refractivity contribution in [1.29, 1.82) is 5.26 Å². The Hall–Kier alpha value is -1.90. The molecule has 0 fully saturated rings. The lowest BCUT2D eigenvalue weighted by atomic mass is 10.2. The molecule has 1 aromatic carbocycles. The highest BCUT2D eigenvalue weighted by Gasteiger charge is 2.10. The summed E-state index contributed by atoms with van der Waals surface area (Å²) >= 11 is 1.53. The average molecular weight is 285 g/mol. The first-order valence-corrected chi connectivity index (χ1v) is 7.19. The van der Waals surface area contributed by atoms with Gasteiger partial charge in [-0.2, -0.15) is 5.26 Å². The third kappa shape index (κ3) is 3.35. The number of nitriles is 1. The Balaban J connectivity index is 2.16. The number of nitrogens with zero attached hydrogens (tertiary/aromatic N) is 3. The van der Waals surface area contributed by atoms with Gasteiger partial charge in [-0.3, -0.25) is 0 Å². The van der Waals surface area contributed by atoms with Crippen LogP contribution in [-0.4, -0.2) is 15.1 Å². The summed E-state index contributed by atoms with van der Waals surface area (Å²) in [5.41, 5.74) is 3.29. The Morgan fingerprint density at radius 3 is 2.40 bits per heavy atom. The van der Waals surface area contributed by atoms with Gasteiger partial charge in [0, 0.05) is 5.75 Å². The quantitative estimate of drug-likeness (QED) is 0.691. The second kappa shape index (κ2) is 6.51. The van der Waals surface area contributed by atoms with Crippen LogP contribution in [0.1, 0.15) is 28.2 Å². The van der Waals surface area contributed by atoms with Crippen molar-refractivity contribution < 1.29 is 5.11 Å². The first-order chi connectivity index (χ1) is 9.63. The predicted octanol–water partition coefficient (Wildman–Crippen LogP) is 2.75. The molecule has 0 amide bonds. The SMILES string of the molecule is Cc1nc(C)c(C#N)c(SCc2ccc(CO)cc2)n1. The molecule has 1 aromatic heterocycles. The monoisotopic (exact) mass is 285 g/mol. The zero-order valence-electron chi connectivity index (χ0n) is 11.4. The Bertz CT molecular complexity index is 647. The zero-order valence-corrected chi connectivity index (χ0v) is 12.2. The molecule has 0 spiro atoms. The number of aliphatic hydroxyl groups is 1. The van der Waals surface area contributed by atoms with Gasteiger partial charge in [-0.25, -0.2) is 9.97 Å². The van der Waals surface area contributed by atoms with Gasteiger partial charge in [0.2, 0.25) is 0 Å². The summed E-state index contributed by atoms with van der Waals surface area (Å²) in [5.74, 6) is 1.41. The number of benzene rings is 1. The van der Waals surface area contributed by atoms with Gasteiger partial charge in [0.05, 0.1) is 12.3 Å². The topological polar surface area (TPSA) is 69.8 Å². The number of aryl methyl sites for hydroxylation is 2. The highest BCUT2D eigenvalue weighted by atomic mass is 32.2. The molecule has 1 heterocycles. The van der Waals surface area contributed by atoms with E-state index in [-0.39, 0.29) is 6.61 Å². The highest BCUT2D eigenvalue weighted by Crippen LogP contribution is 2.25. The number of hydrogen-bond acceptors (Lipinski definition) is 5. The fourth-order valence-electron chi connectivity index (χ4n) is 1.81. The Morgan fingerprint density at radius 2 is 1.80 bits per heavy atom. The first-order valence-electron chi connectivity index (χ1n) is 6.21.